The molecule has 1 aromatic rings. The van der Waals surface area contributed by atoms with E-state index >= 15 is 0 Å². The fourth-order valence-corrected chi connectivity index (χ4v) is 1.23. The highest BCUT2D eigenvalue weighted by Crippen LogP contribution is 2.31. The van der Waals surface area contributed by atoms with Crippen molar-refractivity contribution in [1.82, 2.24) is 0 Å². The lowest BCUT2D eigenvalue weighted by Crippen LogP contribution is -2.08. The Balaban J connectivity index is 3.33. The third-order valence-corrected chi connectivity index (χ3v) is 2.01. The maximum absolute atomic E-state index is 12.4. The van der Waals surface area contributed by atoms with Gasteiger partial charge in [-0.3, -0.25) is 0 Å². The number of benzene rings is 1. The number of carbonyl (C=O) groups is 2. The summed E-state index contributed by atoms with van der Waals surface area (Å²) in [6.07, 6.45) is -3.24. The number of halogens is 3. The van der Waals surface area contributed by atoms with E-state index < -0.39 is 29.2 Å². The monoisotopic (exact) mass is 260 g/mol. The number of alkyl halides is 3. The van der Waals surface area contributed by atoms with Crippen LogP contribution in [0, 0.1) is 0 Å². The molecule has 0 radical (unpaired) electrons. The smallest absolute Gasteiger partial charge is 0.416 e. The fourth-order valence-electron chi connectivity index (χ4n) is 1.23. The number of hydrogen-bond donors (Lipinski definition) is 2. The van der Waals surface area contributed by atoms with Gasteiger partial charge in [-0.1, -0.05) is 0 Å². The maximum atomic E-state index is 12.4. The minimum atomic E-state index is -4.62. The molecule has 0 aliphatic carbocycles. The molecule has 0 bridgehead atoms. The van der Waals surface area contributed by atoms with E-state index in [0.29, 0.717) is 18.2 Å². The van der Waals surface area contributed by atoms with Crippen LogP contribution in [-0.4, -0.2) is 22.2 Å². The van der Waals surface area contributed by atoms with Gasteiger partial charge in [-0.2, -0.15) is 13.2 Å². The standard InChI is InChI=1S/C11H7F3O4/c12-11(13,14)7-2-3-8(10(17)18)6(5-7)1-4-9(15)16/h1-5H,(H,15,16)(H,17,18). The Morgan fingerprint density at radius 3 is 2.22 bits per heavy atom. The quantitative estimate of drug-likeness (QED) is 0.819. The zero-order chi connectivity index (χ0) is 13.9. The summed E-state index contributed by atoms with van der Waals surface area (Å²) in [6.45, 7) is 0. The van der Waals surface area contributed by atoms with Crippen LogP contribution >= 0.6 is 0 Å². The first-order chi connectivity index (χ1) is 8.21. The maximum Gasteiger partial charge on any atom is 0.416 e. The van der Waals surface area contributed by atoms with Gasteiger partial charge in [0.1, 0.15) is 0 Å². The molecule has 0 saturated carbocycles. The van der Waals surface area contributed by atoms with Crippen LogP contribution in [0.1, 0.15) is 21.5 Å². The number of hydrogen-bond acceptors (Lipinski definition) is 2. The highest BCUT2D eigenvalue weighted by atomic mass is 19.4. The molecule has 0 fully saturated rings. The molecule has 2 N–H and O–H groups in total. The third kappa shape index (κ3) is 3.34. The molecule has 1 rings (SSSR count). The second-order valence-electron chi connectivity index (χ2n) is 3.28. The van der Waals surface area contributed by atoms with E-state index in [1.165, 1.54) is 0 Å². The minimum absolute atomic E-state index is 0.320. The van der Waals surface area contributed by atoms with E-state index in [2.05, 4.69) is 0 Å². The molecule has 0 amide bonds. The summed E-state index contributed by atoms with van der Waals surface area (Å²) in [5.74, 6) is -2.82. The summed E-state index contributed by atoms with van der Waals surface area (Å²) in [4.78, 5) is 21.0. The van der Waals surface area contributed by atoms with Gasteiger partial charge in [0.15, 0.2) is 0 Å². The lowest BCUT2D eigenvalue weighted by atomic mass is 10.0. The van der Waals surface area contributed by atoms with E-state index in [1.807, 2.05) is 0 Å². The Morgan fingerprint density at radius 1 is 1.17 bits per heavy atom. The van der Waals surface area contributed by atoms with Crippen molar-refractivity contribution in [3.8, 4) is 0 Å². The summed E-state index contributed by atoms with van der Waals surface area (Å²) in [7, 11) is 0. The zero-order valence-corrected chi connectivity index (χ0v) is 8.73. The summed E-state index contributed by atoms with van der Waals surface area (Å²) < 4.78 is 37.2. The molecule has 0 aromatic heterocycles. The number of aromatic carboxylic acids is 1. The van der Waals surface area contributed by atoms with E-state index in [9.17, 15) is 22.8 Å². The van der Waals surface area contributed by atoms with Gasteiger partial charge >= 0.3 is 18.1 Å². The van der Waals surface area contributed by atoms with Crippen LogP contribution < -0.4 is 0 Å². The number of carboxylic acids is 2. The van der Waals surface area contributed by atoms with Crippen molar-refractivity contribution in [2.75, 3.05) is 0 Å². The van der Waals surface area contributed by atoms with Gasteiger partial charge in [-0.05, 0) is 29.8 Å². The topological polar surface area (TPSA) is 74.6 Å². The van der Waals surface area contributed by atoms with Gasteiger partial charge in [0.05, 0.1) is 11.1 Å². The molecule has 7 heteroatoms. The van der Waals surface area contributed by atoms with Crippen LogP contribution in [0.15, 0.2) is 24.3 Å². The number of aliphatic carboxylic acids is 1. The van der Waals surface area contributed by atoms with Crippen LogP contribution in [0.2, 0.25) is 0 Å². The summed E-state index contributed by atoms with van der Waals surface area (Å²) in [5, 5.41) is 17.1. The van der Waals surface area contributed by atoms with Gasteiger partial charge in [0.25, 0.3) is 0 Å². The molecule has 96 valence electrons. The predicted octanol–water partition coefficient (Wildman–Crippen LogP) is 2.50. The van der Waals surface area contributed by atoms with Crippen LogP contribution in [0.3, 0.4) is 0 Å². The van der Waals surface area contributed by atoms with E-state index in [1.54, 1.807) is 0 Å². The molecule has 0 spiro atoms. The van der Waals surface area contributed by atoms with Crippen molar-refractivity contribution in [2.45, 2.75) is 6.18 Å². The highest BCUT2D eigenvalue weighted by Gasteiger charge is 2.31. The Labute approximate surface area is 99.0 Å². The third-order valence-electron chi connectivity index (χ3n) is 2.01. The van der Waals surface area contributed by atoms with Crippen molar-refractivity contribution in [3.63, 3.8) is 0 Å². The predicted molar refractivity (Wildman–Crippen MR) is 55.1 cm³/mol. The van der Waals surface area contributed by atoms with Crippen molar-refractivity contribution in [1.29, 1.82) is 0 Å². The van der Waals surface area contributed by atoms with Crippen LogP contribution in [0.4, 0.5) is 13.2 Å². The Kier molecular flexibility index (Phi) is 3.75. The summed E-state index contributed by atoms with van der Waals surface area (Å²) >= 11 is 0. The van der Waals surface area contributed by atoms with Crippen molar-refractivity contribution in [2.24, 2.45) is 0 Å². The van der Waals surface area contributed by atoms with Crippen molar-refractivity contribution < 1.29 is 33.0 Å². The lowest BCUT2D eigenvalue weighted by molar-refractivity contribution is -0.137. The molecule has 0 heterocycles. The largest absolute Gasteiger partial charge is 0.478 e. The average Bonchev–Trinajstić information content (AvgIpc) is 2.24. The SMILES string of the molecule is O=C(O)C=Cc1cc(C(F)(F)F)ccc1C(=O)O. The molecule has 4 nitrogen and oxygen atoms in total. The molecule has 0 aliphatic rings. The zero-order valence-electron chi connectivity index (χ0n) is 8.73. The van der Waals surface area contributed by atoms with Crippen molar-refractivity contribution in [3.05, 3.63) is 41.0 Å². The van der Waals surface area contributed by atoms with Crippen molar-refractivity contribution >= 4 is 18.0 Å². The Morgan fingerprint density at radius 2 is 1.78 bits per heavy atom. The Hall–Kier alpha value is -2.31. The van der Waals surface area contributed by atoms with Gasteiger partial charge in [0, 0.05) is 6.08 Å². The molecule has 1 aromatic carbocycles. The number of carboxylic acid groups (broad SMARTS) is 2. The molecular formula is C11H7F3O4. The highest BCUT2D eigenvalue weighted by molar-refractivity contribution is 5.94. The molecule has 18 heavy (non-hydrogen) atoms. The summed E-state index contributed by atoms with van der Waals surface area (Å²) in [5.41, 5.74) is -1.77. The first-order valence-electron chi connectivity index (χ1n) is 4.57. The normalized spacial score (nSPS) is 11.7. The number of rotatable bonds is 3. The summed E-state index contributed by atoms with van der Waals surface area (Å²) in [6, 6.07) is 2.00. The molecule has 0 aliphatic heterocycles. The minimum Gasteiger partial charge on any atom is -0.478 e. The Bertz CT molecular complexity index is 518. The average molecular weight is 260 g/mol. The molecule has 0 saturated heterocycles. The second-order valence-corrected chi connectivity index (χ2v) is 3.28. The van der Waals surface area contributed by atoms with Gasteiger partial charge < -0.3 is 10.2 Å². The molecule has 0 unspecified atom stereocenters. The second kappa shape index (κ2) is 4.91. The van der Waals surface area contributed by atoms with E-state index in [0.717, 1.165) is 12.1 Å². The fraction of sp³-hybridized carbons (Fsp3) is 0.0909. The lowest BCUT2D eigenvalue weighted by Gasteiger charge is -2.09. The first-order valence-corrected chi connectivity index (χ1v) is 4.57. The van der Waals surface area contributed by atoms with Gasteiger partial charge in [-0.15, -0.1) is 0 Å². The van der Waals surface area contributed by atoms with E-state index in [-0.39, 0.29) is 5.56 Å². The molecular weight excluding hydrogens is 253 g/mol. The molecule has 0 atom stereocenters. The van der Waals surface area contributed by atoms with Crippen LogP contribution in [0.25, 0.3) is 6.08 Å². The van der Waals surface area contributed by atoms with Gasteiger partial charge in [0.2, 0.25) is 0 Å². The van der Waals surface area contributed by atoms with E-state index in [4.69, 9.17) is 10.2 Å². The first kappa shape index (κ1) is 13.8. The van der Waals surface area contributed by atoms with Gasteiger partial charge in [-0.25, -0.2) is 9.59 Å². The van der Waals surface area contributed by atoms with Crippen LogP contribution in [0.5, 0.6) is 0 Å². The van der Waals surface area contributed by atoms with Crippen LogP contribution in [-0.2, 0) is 11.0 Å².